The van der Waals surface area contributed by atoms with Gasteiger partial charge in [-0.3, -0.25) is 14.5 Å². The number of aryl methyl sites for hydroxylation is 2. The first-order valence-electron chi connectivity index (χ1n) is 11.0. The SMILES string of the molecule is COC(=O)CSC(=O)OC(C)O/C(=C(\c1ccc(C(C)(C)C)cc1)C1C=N1)c1cc(C)nn1C. The molecule has 1 aliphatic rings. The second-order valence-electron chi connectivity index (χ2n) is 9.03. The van der Waals surface area contributed by atoms with Gasteiger partial charge in [-0.05, 0) is 41.3 Å². The Bertz CT molecular complexity index is 1110. The first kappa shape index (κ1) is 25.6. The van der Waals surface area contributed by atoms with E-state index in [-0.39, 0.29) is 17.2 Å². The summed E-state index contributed by atoms with van der Waals surface area (Å²) in [7, 11) is 3.10. The topological polar surface area (TPSA) is 92.0 Å². The van der Waals surface area contributed by atoms with Gasteiger partial charge in [-0.2, -0.15) is 5.10 Å². The van der Waals surface area contributed by atoms with E-state index in [0.29, 0.717) is 5.76 Å². The van der Waals surface area contributed by atoms with Crippen LogP contribution >= 0.6 is 11.8 Å². The number of carbonyl (C=O) groups excluding carboxylic acids is 2. The van der Waals surface area contributed by atoms with Crippen molar-refractivity contribution >= 4 is 40.6 Å². The Morgan fingerprint density at radius 1 is 1.18 bits per heavy atom. The van der Waals surface area contributed by atoms with Crippen LogP contribution in [0.1, 0.15) is 50.2 Å². The lowest BCUT2D eigenvalue weighted by atomic mass is 9.86. The number of thioether (sulfide) groups is 1. The molecule has 34 heavy (non-hydrogen) atoms. The van der Waals surface area contributed by atoms with Gasteiger partial charge in [0.25, 0.3) is 0 Å². The molecule has 0 amide bonds. The third kappa shape index (κ3) is 6.50. The van der Waals surface area contributed by atoms with E-state index in [9.17, 15) is 9.59 Å². The molecule has 8 nitrogen and oxygen atoms in total. The Kier molecular flexibility index (Phi) is 7.86. The van der Waals surface area contributed by atoms with Gasteiger partial charge >= 0.3 is 11.3 Å². The zero-order valence-corrected chi connectivity index (χ0v) is 21.4. The van der Waals surface area contributed by atoms with E-state index in [0.717, 1.165) is 34.3 Å². The molecular formula is C25H31N3O5S. The Hall–Kier alpha value is -3.07. The van der Waals surface area contributed by atoms with Gasteiger partial charge in [-0.1, -0.05) is 45.0 Å². The normalized spacial score (nSPS) is 16.5. The monoisotopic (exact) mass is 485 g/mol. The van der Waals surface area contributed by atoms with Crippen molar-refractivity contribution in [1.29, 1.82) is 0 Å². The summed E-state index contributed by atoms with van der Waals surface area (Å²) >= 11 is 0.721. The number of aromatic nitrogens is 2. The highest BCUT2D eigenvalue weighted by atomic mass is 32.2. The Balaban J connectivity index is 1.95. The minimum atomic E-state index is -0.912. The van der Waals surface area contributed by atoms with Crippen LogP contribution in [-0.2, 0) is 31.5 Å². The summed E-state index contributed by atoms with van der Waals surface area (Å²) in [5.41, 5.74) is 4.65. The van der Waals surface area contributed by atoms with Crippen LogP contribution in [0.4, 0.5) is 4.79 Å². The second kappa shape index (κ2) is 10.5. The van der Waals surface area contributed by atoms with Gasteiger partial charge in [0.05, 0.1) is 12.8 Å². The number of methoxy groups -OCH3 is 1. The van der Waals surface area contributed by atoms with E-state index in [2.05, 4.69) is 59.9 Å². The number of carbonyl (C=O) groups is 2. The van der Waals surface area contributed by atoms with Crippen LogP contribution in [0.3, 0.4) is 0 Å². The van der Waals surface area contributed by atoms with E-state index in [4.69, 9.17) is 9.47 Å². The molecule has 2 aromatic rings. The Labute approximate surface area is 204 Å². The summed E-state index contributed by atoms with van der Waals surface area (Å²) in [4.78, 5) is 27.9. The summed E-state index contributed by atoms with van der Waals surface area (Å²) in [5.74, 6) is -0.104. The van der Waals surface area contributed by atoms with E-state index < -0.39 is 17.6 Å². The lowest BCUT2D eigenvalue weighted by Crippen LogP contribution is -2.18. The van der Waals surface area contributed by atoms with Crippen LogP contribution in [-0.4, -0.2) is 52.5 Å². The average molecular weight is 486 g/mol. The van der Waals surface area contributed by atoms with Gasteiger partial charge in [0.1, 0.15) is 17.5 Å². The molecule has 2 heterocycles. The number of nitrogens with zero attached hydrogens (tertiary/aromatic N) is 3. The van der Waals surface area contributed by atoms with Crippen LogP contribution in [0.25, 0.3) is 11.3 Å². The smallest absolute Gasteiger partial charge is 0.370 e. The number of hydrogen-bond acceptors (Lipinski definition) is 8. The number of benzene rings is 1. The second-order valence-corrected chi connectivity index (χ2v) is 9.94. The van der Waals surface area contributed by atoms with Crippen LogP contribution < -0.4 is 0 Å². The first-order valence-corrected chi connectivity index (χ1v) is 11.9. The van der Waals surface area contributed by atoms with E-state index in [1.54, 1.807) is 11.6 Å². The lowest BCUT2D eigenvalue weighted by molar-refractivity contribution is -0.137. The summed E-state index contributed by atoms with van der Waals surface area (Å²) in [6.45, 7) is 10.0. The average Bonchev–Trinajstić information content (AvgIpc) is 3.54. The number of rotatable bonds is 8. The largest absolute Gasteiger partial charge is 0.468 e. The summed E-state index contributed by atoms with van der Waals surface area (Å²) < 4.78 is 17.9. The molecule has 2 atom stereocenters. The number of ether oxygens (including phenoxy) is 3. The van der Waals surface area contributed by atoms with Gasteiger partial charge < -0.3 is 14.2 Å². The molecule has 0 spiro atoms. The quantitative estimate of drug-likeness (QED) is 0.303. The number of hydrogen-bond donors (Lipinski definition) is 0. The molecular weight excluding hydrogens is 454 g/mol. The molecule has 0 aliphatic carbocycles. The molecule has 3 rings (SSSR count). The van der Waals surface area contributed by atoms with Gasteiger partial charge in [0.2, 0.25) is 6.29 Å². The fourth-order valence-electron chi connectivity index (χ4n) is 3.40. The Morgan fingerprint density at radius 2 is 1.82 bits per heavy atom. The molecule has 0 fully saturated rings. The van der Waals surface area contributed by atoms with Crippen molar-refractivity contribution in [3.05, 3.63) is 52.8 Å². The van der Waals surface area contributed by atoms with Gasteiger partial charge in [-0.15, -0.1) is 0 Å². The zero-order chi connectivity index (χ0) is 25.0. The molecule has 1 aromatic heterocycles. The molecule has 0 saturated heterocycles. The van der Waals surface area contributed by atoms with Gasteiger partial charge in [-0.25, -0.2) is 4.79 Å². The third-order valence-corrected chi connectivity index (χ3v) is 5.93. The maximum Gasteiger partial charge on any atom is 0.370 e. The minimum absolute atomic E-state index is 0.0293. The van der Waals surface area contributed by atoms with Crippen molar-refractivity contribution < 1.29 is 23.8 Å². The highest BCUT2D eigenvalue weighted by Gasteiger charge is 2.30. The van der Waals surface area contributed by atoms with Gasteiger partial charge in [0.15, 0.2) is 5.76 Å². The fourth-order valence-corrected chi connectivity index (χ4v) is 3.96. The molecule has 1 aliphatic heterocycles. The number of aliphatic imine (C=N–C) groups is 1. The molecule has 0 radical (unpaired) electrons. The van der Waals surface area contributed by atoms with Crippen LogP contribution in [0.5, 0.6) is 0 Å². The van der Waals surface area contributed by atoms with Crippen molar-refractivity contribution in [2.75, 3.05) is 12.9 Å². The van der Waals surface area contributed by atoms with Gasteiger partial charge in [0, 0.05) is 25.8 Å². The first-order chi connectivity index (χ1) is 16.0. The fraction of sp³-hybridized carbons (Fsp3) is 0.440. The van der Waals surface area contributed by atoms with Crippen molar-refractivity contribution in [3.8, 4) is 0 Å². The molecule has 0 bridgehead atoms. The van der Waals surface area contributed by atoms with Crippen LogP contribution in [0.2, 0.25) is 0 Å². The molecule has 182 valence electrons. The Morgan fingerprint density at radius 3 is 2.32 bits per heavy atom. The zero-order valence-electron chi connectivity index (χ0n) is 20.6. The molecule has 1 aromatic carbocycles. The molecule has 0 N–H and O–H groups in total. The minimum Gasteiger partial charge on any atom is -0.468 e. The maximum atomic E-state index is 12.2. The van der Waals surface area contributed by atoms with Crippen LogP contribution in [0, 0.1) is 6.92 Å². The highest BCUT2D eigenvalue weighted by Crippen LogP contribution is 2.36. The highest BCUT2D eigenvalue weighted by molar-refractivity contribution is 8.13. The van der Waals surface area contributed by atoms with Crippen molar-refractivity contribution in [1.82, 2.24) is 9.78 Å². The molecule has 2 unspecified atom stereocenters. The number of esters is 1. The van der Waals surface area contributed by atoms with Crippen molar-refractivity contribution in [3.63, 3.8) is 0 Å². The predicted molar refractivity (Wildman–Crippen MR) is 134 cm³/mol. The molecule has 0 saturated carbocycles. The lowest BCUT2D eigenvalue weighted by Gasteiger charge is -2.22. The van der Waals surface area contributed by atoms with Crippen LogP contribution in [0.15, 0.2) is 35.3 Å². The maximum absolute atomic E-state index is 12.2. The molecule has 9 heteroatoms. The van der Waals surface area contributed by atoms with E-state index >= 15 is 0 Å². The summed E-state index contributed by atoms with van der Waals surface area (Å²) in [5, 5.41) is 3.83. The van der Waals surface area contributed by atoms with E-state index in [1.165, 1.54) is 12.7 Å². The van der Waals surface area contributed by atoms with E-state index in [1.807, 2.05) is 26.3 Å². The predicted octanol–water partition coefficient (Wildman–Crippen LogP) is 4.75. The van der Waals surface area contributed by atoms with Crippen molar-refractivity contribution in [2.24, 2.45) is 12.0 Å². The summed E-state index contributed by atoms with van der Waals surface area (Å²) in [6.07, 6.45) is 0.938. The third-order valence-electron chi connectivity index (χ3n) is 5.22. The standard InChI is InChI=1S/C25H31N3O5S/c1-15-12-20(28(6)27-15)23(32-16(2)33-24(30)34-14-21(29)31-7)22(19-13-26-19)17-8-10-18(11-9-17)25(3,4)5/h8-13,16,19H,14H2,1-7H3/b23-22+. The summed E-state index contributed by atoms with van der Waals surface area (Å²) in [6, 6.07) is 10.1. The van der Waals surface area contributed by atoms with Crippen molar-refractivity contribution in [2.45, 2.75) is 52.4 Å².